The average molecular weight is 455 g/mol. The number of hydrogen-bond acceptors (Lipinski definition) is 5. The van der Waals surface area contributed by atoms with Crippen LogP contribution in [0, 0.1) is 5.92 Å². The van der Waals surface area contributed by atoms with Gasteiger partial charge in [0.05, 0.1) is 6.61 Å². The van der Waals surface area contributed by atoms with E-state index in [1.54, 1.807) is 31.5 Å². The van der Waals surface area contributed by atoms with Crippen LogP contribution in [0.4, 0.5) is 10.5 Å². The maximum absolute atomic E-state index is 12.3. The largest absolute Gasteiger partial charge is 0.361 e. The van der Waals surface area contributed by atoms with Gasteiger partial charge in [-0.15, -0.1) is 0 Å². The molecule has 2 rings (SSSR count). The van der Waals surface area contributed by atoms with Gasteiger partial charge in [-0.2, -0.15) is 0 Å². The molecular weight excluding hydrogens is 416 g/mol. The minimum atomic E-state index is -3.43. The quantitative estimate of drug-likeness (QED) is 0.368. The molecule has 0 aliphatic heterocycles. The molecule has 2 amide bonds. The molecule has 9 heteroatoms. The van der Waals surface area contributed by atoms with E-state index in [2.05, 4.69) is 20.3 Å². The van der Waals surface area contributed by atoms with Gasteiger partial charge in [-0.1, -0.05) is 38.5 Å². The first-order valence-electron chi connectivity index (χ1n) is 11.5. The van der Waals surface area contributed by atoms with Crippen molar-refractivity contribution < 1.29 is 17.9 Å². The highest BCUT2D eigenvalue weighted by Gasteiger charge is 2.22. The number of hydrogen-bond donors (Lipinski definition) is 3. The number of sulfonamides is 1. The first-order valence-corrected chi connectivity index (χ1v) is 13.1. The van der Waals surface area contributed by atoms with Crippen LogP contribution in [0.15, 0.2) is 24.5 Å². The second-order valence-electron chi connectivity index (χ2n) is 8.23. The minimum absolute atomic E-state index is 0.222. The molecule has 176 valence electrons. The van der Waals surface area contributed by atoms with Crippen LogP contribution in [-0.4, -0.2) is 44.6 Å². The molecule has 0 aromatic carbocycles. The molecule has 8 nitrogen and oxygen atoms in total. The number of rotatable bonds is 14. The van der Waals surface area contributed by atoms with Crippen molar-refractivity contribution >= 4 is 21.7 Å². The number of carbonyl (C=O) groups excluding carboxylic acids is 1. The summed E-state index contributed by atoms with van der Waals surface area (Å²) in [7, 11) is -3.43. The zero-order chi connectivity index (χ0) is 22.4. The van der Waals surface area contributed by atoms with Crippen molar-refractivity contribution in [2.75, 3.05) is 25.0 Å². The number of carbonyl (C=O) groups is 1. The van der Waals surface area contributed by atoms with Gasteiger partial charge in [0.2, 0.25) is 10.0 Å². The summed E-state index contributed by atoms with van der Waals surface area (Å²) in [5.41, 5.74) is -0.0950. The number of unbranched alkanes of at least 4 members (excludes halogenated alkanes) is 4. The van der Waals surface area contributed by atoms with Crippen LogP contribution in [-0.2, 0) is 14.8 Å². The number of aromatic nitrogens is 1. The van der Waals surface area contributed by atoms with Crippen molar-refractivity contribution in [3.05, 3.63) is 24.5 Å². The molecule has 1 aliphatic rings. The Kier molecular flexibility index (Phi) is 11.8. The minimum Gasteiger partial charge on any atom is -0.361 e. The van der Waals surface area contributed by atoms with Gasteiger partial charge < -0.3 is 15.4 Å². The van der Waals surface area contributed by atoms with Crippen molar-refractivity contribution in [2.45, 2.75) is 76.6 Å². The number of urea groups is 1. The van der Waals surface area contributed by atoms with Crippen LogP contribution < -0.4 is 15.4 Å². The van der Waals surface area contributed by atoms with Crippen molar-refractivity contribution in [2.24, 2.45) is 5.92 Å². The molecule has 31 heavy (non-hydrogen) atoms. The molecule has 1 heterocycles. The molecule has 1 aromatic heterocycles. The van der Waals surface area contributed by atoms with Crippen LogP contribution >= 0.6 is 0 Å². The smallest absolute Gasteiger partial charge is 0.319 e. The van der Waals surface area contributed by atoms with Crippen LogP contribution in [0.2, 0.25) is 0 Å². The monoisotopic (exact) mass is 454 g/mol. The van der Waals surface area contributed by atoms with Gasteiger partial charge in [0.1, 0.15) is 0 Å². The lowest BCUT2D eigenvalue weighted by Gasteiger charge is -2.23. The van der Waals surface area contributed by atoms with Gasteiger partial charge in [0.15, 0.2) is 5.44 Å². The Balaban J connectivity index is 1.44. The summed E-state index contributed by atoms with van der Waals surface area (Å²) >= 11 is 0. The van der Waals surface area contributed by atoms with E-state index in [1.165, 1.54) is 19.3 Å². The zero-order valence-electron chi connectivity index (χ0n) is 18.6. The third-order valence-corrected chi connectivity index (χ3v) is 7.23. The molecule has 1 aliphatic carbocycles. The van der Waals surface area contributed by atoms with E-state index >= 15 is 0 Å². The summed E-state index contributed by atoms with van der Waals surface area (Å²) in [4.78, 5) is 15.7. The molecule has 3 N–H and O–H groups in total. The molecule has 1 aromatic rings. The summed E-state index contributed by atoms with van der Waals surface area (Å²) in [5, 5.41) is 5.57. The van der Waals surface area contributed by atoms with E-state index in [4.69, 9.17) is 4.74 Å². The summed E-state index contributed by atoms with van der Waals surface area (Å²) in [5.74, 6) is 0.502. The second kappa shape index (κ2) is 14.4. The highest BCUT2D eigenvalue weighted by atomic mass is 32.2. The van der Waals surface area contributed by atoms with Crippen molar-refractivity contribution in [3.63, 3.8) is 0 Å². The number of nitrogens with one attached hydrogen (secondary N) is 3. The highest BCUT2D eigenvalue weighted by molar-refractivity contribution is 7.89. The zero-order valence-corrected chi connectivity index (χ0v) is 19.5. The summed E-state index contributed by atoms with van der Waals surface area (Å²) in [6.45, 7) is 3.20. The predicted octanol–water partition coefficient (Wildman–Crippen LogP) is 4.02. The Morgan fingerprint density at radius 3 is 2.42 bits per heavy atom. The van der Waals surface area contributed by atoms with E-state index in [0.717, 1.165) is 44.9 Å². The van der Waals surface area contributed by atoms with Gasteiger partial charge in [-0.25, -0.2) is 17.9 Å². The Labute approximate surface area is 187 Å². The number of pyridine rings is 1. The summed E-state index contributed by atoms with van der Waals surface area (Å²) < 4.78 is 32.9. The number of anilines is 1. The van der Waals surface area contributed by atoms with Gasteiger partial charge in [0.25, 0.3) is 0 Å². The third-order valence-electron chi connectivity index (χ3n) is 5.61. The lowest BCUT2D eigenvalue weighted by molar-refractivity contribution is 0.0709. The highest BCUT2D eigenvalue weighted by Crippen LogP contribution is 2.24. The van der Waals surface area contributed by atoms with E-state index in [0.29, 0.717) is 31.3 Å². The van der Waals surface area contributed by atoms with E-state index in [1.807, 2.05) is 0 Å². The molecule has 0 spiro atoms. The Morgan fingerprint density at radius 1 is 1.06 bits per heavy atom. The Hall–Kier alpha value is -1.71. The van der Waals surface area contributed by atoms with Crippen LogP contribution in [0.3, 0.4) is 0 Å². The topological polar surface area (TPSA) is 109 Å². The molecule has 0 radical (unpaired) electrons. The van der Waals surface area contributed by atoms with Crippen LogP contribution in [0.1, 0.15) is 71.1 Å². The second-order valence-corrected chi connectivity index (χ2v) is 10.3. The predicted molar refractivity (Wildman–Crippen MR) is 123 cm³/mol. The number of nitrogens with zero attached hydrogens (tertiary/aromatic N) is 1. The maximum atomic E-state index is 12.3. The lowest BCUT2D eigenvalue weighted by Crippen LogP contribution is -2.35. The van der Waals surface area contributed by atoms with Crippen LogP contribution in [0.25, 0.3) is 0 Å². The molecular formula is C22H38N4O4S. The third kappa shape index (κ3) is 10.9. The van der Waals surface area contributed by atoms with E-state index in [-0.39, 0.29) is 6.03 Å². The standard InChI is InChI=1S/C22H38N4O4S/c1-19(30-18-20-10-6-5-7-11-20)31(28,29)25-15-9-4-2-3-8-14-24-22(27)26-21-12-16-23-17-13-21/h12-13,16-17,19-20,25H,2-11,14-15,18H2,1H3,(H2,23,24,26,27). The van der Waals surface area contributed by atoms with Crippen molar-refractivity contribution in [3.8, 4) is 0 Å². The lowest BCUT2D eigenvalue weighted by atomic mass is 9.90. The normalized spacial score (nSPS) is 16.0. The fourth-order valence-electron chi connectivity index (χ4n) is 3.64. The van der Waals surface area contributed by atoms with Crippen molar-refractivity contribution in [1.82, 2.24) is 15.0 Å². The molecule has 0 bridgehead atoms. The van der Waals surface area contributed by atoms with Crippen LogP contribution in [0.5, 0.6) is 0 Å². The number of ether oxygens (including phenoxy) is 1. The van der Waals surface area contributed by atoms with Crippen molar-refractivity contribution in [1.29, 1.82) is 0 Å². The van der Waals surface area contributed by atoms with Gasteiger partial charge in [-0.05, 0) is 50.7 Å². The molecule has 1 saturated carbocycles. The summed E-state index contributed by atoms with van der Waals surface area (Å²) in [6, 6.07) is 3.25. The first kappa shape index (κ1) is 25.5. The Bertz CT molecular complexity index is 724. The average Bonchev–Trinajstić information content (AvgIpc) is 2.77. The SMILES string of the molecule is CC(OCC1CCCCC1)S(=O)(=O)NCCCCCCCNC(=O)Nc1ccncc1. The van der Waals surface area contributed by atoms with Gasteiger partial charge in [-0.3, -0.25) is 4.98 Å². The maximum Gasteiger partial charge on any atom is 0.319 e. The van der Waals surface area contributed by atoms with Gasteiger partial charge >= 0.3 is 6.03 Å². The molecule has 1 atom stereocenters. The van der Waals surface area contributed by atoms with E-state index < -0.39 is 15.5 Å². The molecule has 1 unspecified atom stereocenters. The first-order chi connectivity index (χ1) is 15.0. The summed E-state index contributed by atoms with van der Waals surface area (Å²) in [6.07, 6.45) is 13.9. The molecule has 1 fully saturated rings. The molecule has 0 saturated heterocycles. The Morgan fingerprint density at radius 2 is 1.71 bits per heavy atom. The van der Waals surface area contributed by atoms with Gasteiger partial charge in [0, 0.05) is 31.2 Å². The fraction of sp³-hybridized carbons (Fsp3) is 0.727. The fourth-order valence-corrected chi connectivity index (χ4v) is 4.56. The number of amides is 2. The van der Waals surface area contributed by atoms with E-state index in [9.17, 15) is 13.2 Å².